The highest BCUT2D eigenvalue weighted by atomic mass is 35.5. The van der Waals surface area contributed by atoms with Gasteiger partial charge in [0.25, 0.3) is 0 Å². The summed E-state index contributed by atoms with van der Waals surface area (Å²) in [4.78, 5) is 0. The Bertz CT molecular complexity index is 1100. The molecule has 0 fully saturated rings. The molecule has 0 bridgehead atoms. The molecule has 6 heteroatoms. The molecule has 1 atom stereocenters. The van der Waals surface area contributed by atoms with Crippen molar-refractivity contribution < 1.29 is 4.42 Å². The molecule has 0 aliphatic rings. The smallest absolute Gasteiger partial charge is 0.249 e. The highest BCUT2D eigenvalue weighted by Gasteiger charge is 2.22. The van der Waals surface area contributed by atoms with Crippen LogP contribution in [0.5, 0.6) is 0 Å². The van der Waals surface area contributed by atoms with Gasteiger partial charge in [0.05, 0.1) is 10.6 Å². The summed E-state index contributed by atoms with van der Waals surface area (Å²) in [6.07, 6.45) is 0. The van der Waals surface area contributed by atoms with E-state index in [4.69, 9.17) is 27.6 Å². The van der Waals surface area contributed by atoms with Crippen molar-refractivity contribution >= 4 is 28.9 Å². The van der Waals surface area contributed by atoms with E-state index in [0.717, 1.165) is 16.8 Å². The summed E-state index contributed by atoms with van der Waals surface area (Å²) in [5.41, 5.74) is 3.57. The number of halogens is 2. The molecule has 4 rings (SSSR count). The number of anilines is 1. The lowest BCUT2D eigenvalue weighted by Crippen LogP contribution is -2.13. The van der Waals surface area contributed by atoms with E-state index in [1.807, 2.05) is 73.7 Å². The summed E-state index contributed by atoms with van der Waals surface area (Å²) < 4.78 is 5.99. The van der Waals surface area contributed by atoms with Crippen LogP contribution in [0.1, 0.15) is 23.1 Å². The summed E-state index contributed by atoms with van der Waals surface area (Å²) in [7, 11) is 0. The molecular formula is C22H17Cl2N3O. The monoisotopic (exact) mass is 409 g/mol. The summed E-state index contributed by atoms with van der Waals surface area (Å²) in [5, 5.41) is 13.2. The number of hydrogen-bond donors (Lipinski definition) is 1. The van der Waals surface area contributed by atoms with Crippen molar-refractivity contribution in [3.05, 3.63) is 99.9 Å². The van der Waals surface area contributed by atoms with Gasteiger partial charge < -0.3 is 9.73 Å². The van der Waals surface area contributed by atoms with Crippen LogP contribution in [-0.2, 0) is 0 Å². The largest absolute Gasteiger partial charge is 0.418 e. The molecular weight excluding hydrogens is 393 g/mol. The summed E-state index contributed by atoms with van der Waals surface area (Å²) in [6.45, 7) is 1.97. The molecule has 0 saturated carbocycles. The fourth-order valence-electron chi connectivity index (χ4n) is 2.88. The van der Waals surface area contributed by atoms with Crippen LogP contribution in [0.4, 0.5) is 5.69 Å². The van der Waals surface area contributed by atoms with E-state index in [1.165, 1.54) is 0 Å². The van der Waals surface area contributed by atoms with Crippen LogP contribution in [0, 0.1) is 6.92 Å². The van der Waals surface area contributed by atoms with Crippen LogP contribution < -0.4 is 5.32 Å². The van der Waals surface area contributed by atoms with E-state index in [1.54, 1.807) is 6.07 Å². The Morgan fingerprint density at radius 3 is 2.36 bits per heavy atom. The van der Waals surface area contributed by atoms with Crippen LogP contribution in [-0.4, -0.2) is 10.2 Å². The average molecular weight is 410 g/mol. The summed E-state index contributed by atoms with van der Waals surface area (Å²) in [5.74, 6) is 0.822. The molecule has 4 aromatic rings. The minimum Gasteiger partial charge on any atom is -0.418 e. The first-order chi connectivity index (χ1) is 13.6. The number of benzene rings is 3. The molecule has 28 heavy (non-hydrogen) atoms. The third-order valence-electron chi connectivity index (χ3n) is 4.41. The van der Waals surface area contributed by atoms with Gasteiger partial charge in [0.15, 0.2) is 0 Å². The van der Waals surface area contributed by atoms with Crippen LogP contribution in [0.25, 0.3) is 11.5 Å². The van der Waals surface area contributed by atoms with E-state index in [2.05, 4.69) is 15.5 Å². The molecule has 0 spiro atoms. The van der Waals surface area contributed by atoms with Crippen molar-refractivity contribution in [3.8, 4) is 11.5 Å². The Hall–Kier alpha value is -2.82. The minimum absolute atomic E-state index is 0.330. The number of aromatic nitrogens is 2. The van der Waals surface area contributed by atoms with Crippen molar-refractivity contribution in [3.63, 3.8) is 0 Å². The Morgan fingerprint density at radius 1 is 0.857 bits per heavy atom. The van der Waals surface area contributed by atoms with Gasteiger partial charge in [0, 0.05) is 10.7 Å². The van der Waals surface area contributed by atoms with E-state index in [0.29, 0.717) is 27.4 Å². The van der Waals surface area contributed by atoms with E-state index in [9.17, 15) is 0 Å². The molecule has 0 unspecified atom stereocenters. The van der Waals surface area contributed by atoms with Crippen LogP contribution in [0.15, 0.2) is 77.2 Å². The number of aryl methyl sites for hydroxylation is 1. The first kappa shape index (κ1) is 18.5. The zero-order chi connectivity index (χ0) is 19.5. The van der Waals surface area contributed by atoms with Crippen molar-refractivity contribution in [1.82, 2.24) is 10.2 Å². The topological polar surface area (TPSA) is 51.0 Å². The third-order valence-corrected chi connectivity index (χ3v) is 5.14. The molecule has 0 amide bonds. The van der Waals surface area contributed by atoms with Gasteiger partial charge in [-0.05, 0) is 42.3 Å². The van der Waals surface area contributed by atoms with Crippen molar-refractivity contribution in [2.75, 3.05) is 5.32 Å². The number of nitrogens with zero attached hydrogens (tertiary/aromatic N) is 2. The Balaban J connectivity index is 1.72. The molecule has 0 radical (unpaired) electrons. The predicted molar refractivity (Wildman–Crippen MR) is 113 cm³/mol. The normalized spacial score (nSPS) is 12.0. The molecule has 140 valence electrons. The van der Waals surface area contributed by atoms with Gasteiger partial charge in [0.1, 0.15) is 6.04 Å². The fourth-order valence-corrected chi connectivity index (χ4v) is 3.27. The highest BCUT2D eigenvalue weighted by molar-refractivity contribution is 6.33. The maximum Gasteiger partial charge on any atom is 0.249 e. The van der Waals surface area contributed by atoms with Crippen molar-refractivity contribution in [1.29, 1.82) is 0 Å². The van der Waals surface area contributed by atoms with Gasteiger partial charge in [-0.2, -0.15) is 0 Å². The average Bonchev–Trinajstić information content (AvgIpc) is 3.19. The maximum atomic E-state index is 6.28. The number of rotatable bonds is 5. The Morgan fingerprint density at radius 2 is 1.61 bits per heavy atom. The molecule has 3 aromatic carbocycles. The molecule has 0 aliphatic heterocycles. The van der Waals surface area contributed by atoms with Gasteiger partial charge >= 0.3 is 0 Å². The zero-order valence-corrected chi connectivity index (χ0v) is 16.6. The van der Waals surface area contributed by atoms with E-state index >= 15 is 0 Å². The number of nitrogens with one attached hydrogen (secondary N) is 1. The zero-order valence-electron chi connectivity index (χ0n) is 15.1. The third kappa shape index (κ3) is 3.88. The highest BCUT2D eigenvalue weighted by Crippen LogP contribution is 2.32. The molecule has 1 aromatic heterocycles. The standard InChI is InChI=1S/C22H17Cl2N3O/c1-14-11-12-16(13-19(14)24)25-20(15-7-3-2-4-8-15)22-27-26-21(28-22)17-9-5-6-10-18(17)23/h2-13,20,25H,1H3/t20-/m1/s1. The van der Waals surface area contributed by atoms with Gasteiger partial charge in [-0.15, -0.1) is 10.2 Å². The van der Waals surface area contributed by atoms with Gasteiger partial charge in [-0.1, -0.05) is 71.7 Å². The molecule has 1 heterocycles. The minimum atomic E-state index is -0.330. The van der Waals surface area contributed by atoms with Gasteiger partial charge in [-0.25, -0.2) is 0 Å². The Kier molecular flexibility index (Phi) is 5.33. The summed E-state index contributed by atoms with van der Waals surface area (Å²) in [6, 6.07) is 22.8. The second-order valence-corrected chi connectivity index (χ2v) is 7.19. The van der Waals surface area contributed by atoms with E-state index in [-0.39, 0.29) is 6.04 Å². The fraction of sp³-hybridized carbons (Fsp3) is 0.0909. The first-order valence-electron chi connectivity index (χ1n) is 8.78. The maximum absolute atomic E-state index is 6.28. The lowest BCUT2D eigenvalue weighted by molar-refractivity contribution is 0.494. The molecule has 0 aliphatic carbocycles. The molecule has 0 saturated heterocycles. The lowest BCUT2D eigenvalue weighted by atomic mass is 10.1. The van der Waals surface area contributed by atoms with Crippen molar-refractivity contribution in [2.45, 2.75) is 13.0 Å². The predicted octanol–water partition coefficient (Wildman–Crippen LogP) is 6.55. The van der Waals surface area contributed by atoms with Crippen LogP contribution in [0.2, 0.25) is 10.0 Å². The second kappa shape index (κ2) is 8.05. The van der Waals surface area contributed by atoms with Crippen molar-refractivity contribution in [2.24, 2.45) is 0 Å². The van der Waals surface area contributed by atoms with Gasteiger partial charge in [-0.3, -0.25) is 0 Å². The molecule has 4 nitrogen and oxygen atoms in total. The van der Waals surface area contributed by atoms with Crippen LogP contribution >= 0.6 is 23.2 Å². The van der Waals surface area contributed by atoms with E-state index < -0.39 is 0 Å². The molecule has 1 N–H and O–H groups in total. The van der Waals surface area contributed by atoms with Gasteiger partial charge in [0.2, 0.25) is 11.8 Å². The van der Waals surface area contributed by atoms with Crippen LogP contribution in [0.3, 0.4) is 0 Å². The first-order valence-corrected chi connectivity index (χ1v) is 9.53. The Labute approximate surface area is 173 Å². The quantitative estimate of drug-likeness (QED) is 0.405. The second-order valence-electron chi connectivity index (χ2n) is 6.38. The number of hydrogen-bond acceptors (Lipinski definition) is 4. The SMILES string of the molecule is Cc1ccc(N[C@H](c2ccccc2)c2nnc(-c3ccccc3Cl)o2)cc1Cl. The summed E-state index contributed by atoms with van der Waals surface area (Å²) >= 11 is 12.6. The lowest BCUT2D eigenvalue weighted by Gasteiger charge is -2.17.